The van der Waals surface area contributed by atoms with E-state index in [-0.39, 0.29) is 30.8 Å². The molecular formula is C29H34N2O5S. The van der Waals surface area contributed by atoms with Gasteiger partial charge < -0.3 is 24.0 Å². The largest absolute Gasteiger partial charge is 0.497 e. The number of nitrogens with zero attached hydrogens (tertiary/aromatic N) is 2. The van der Waals surface area contributed by atoms with Gasteiger partial charge in [-0.05, 0) is 47.5 Å². The molecule has 7 nitrogen and oxygen atoms in total. The van der Waals surface area contributed by atoms with Gasteiger partial charge in [0, 0.05) is 37.7 Å². The minimum atomic E-state index is -0.223. The molecule has 1 aliphatic rings. The number of hydrogen-bond acceptors (Lipinski definition) is 6. The number of ether oxygens (including phenoxy) is 3. The molecule has 0 unspecified atom stereocenters. The normalized spacial score (nSPS) is 14.6. The summed E-state index contributed by atoms with van der Waals surface area (Å²) in [5.74, 6) is 1.27. The first-order valence-electron chi connectivity index (χ1n) is 12.5. The third-order valence-corrected chi connectivity index (χ3v) is 7.51. The number of carbonyl (C=O) groups is 2. The van der Waals surface area contributed by atoms with Gasteiger partial charge in [-0.1, -0.05) is 36.4 Å². The molecule has 1 atom stereocenters. The molecule has 4 rings (SSSR count). The van der Waals surface area contributed by atoms with Crippen LogP contribution in [0.2, 0.25) is 0 Å². The van der Waals surface area contributed by atoms with Gasteiger partial charge in [0.2, 0.25) is 11.8 Å². The summed E-state index contributed by atoms with van der Waals surface area (Å²) in [6.07, 6.45) is 1.73. The van der Waals surface area contributed by atoms with Crippen LogP contribution in [0.15, 0.2) is 66.0 Å². The summed E-state index contributed by atoms with van der Waals surface area (Å²) in [6, 6.07) is 18.9. The van der Waals surface area contributed by atoms with E-state index in [1.54, 1.807) is 30.5 Å². The van der Waals surface area contributed by atoms with Crippen molar-refractivity contribution >= 4 is 23.2 Å². The van der Waals surface area contributed by atoms with Gasteiger partial charge in [-0.2, -0.15) is 0 Å². The Kier molecular flexibility index (Phi) is 9.57. The molecule has 1 aliphatic heterocycles. The SMILES string of the molecule is COCCCN(CC(=O)N1CCc2sccc2[C@H]1COc1cccc(OC)c1)C(=O)Cc1ccccc1. The van der Waals surface area contributed by atoms with E-state index in [1.807, 2.05) is 59.5 Å². The fourth-order valence-electron chi connectivity index (χ4n) is 4.57. The lowest BCUT2D eigenvalue weighted by molar-refractivity contribution is -0.142. The van der Waals surface area contributed by atoms with Crippen molar-refractivity contribution in [2.75, 3.05) is 47.1 Å². The second-order valence-electron chi connectivity index (χ2n) is 8.97. The van der Waals surface area contributed by atoms with Crippen molar-refractivity contribution in [1.29, 1.82) is 0 Å². The summed E-state index contributed by atoms with van der Waals surface area (Å²) in [4.78, 5) is 31.7. The maximum atomic E-state index is 13.7. The van der Waals surface area contributed by atoms with Crippen LogP contribution in [0.1, 0.15) is 28.5 Å². The summed E-state index contributed by atoms with van der Waals surface area (Å²) < 4.78 is 16.6. The molecule has 0 bridgehead atoms. The highest BCUT2D eigenvalue weighted by atomic mass is 32.1. The minimum absolute atomic E-state index is 0.0323. The van der Waals surface area contributed by atoms with E-state index in [0.29, 0.717) is 44.2 Å². The first-order chi connectivity index (χ1) is 18.1. The number of rotatable bonds is 12. The average molecular weight is 523 g/mol. The van der Waals surface area contributed by atoms with Gasteiger partial charge in [0.15, 0.2) is 0 Å². The van der Waals surface area contributed by atoms with Crippen molar-refractivity contribution < 1.29 is 23.8 Å². The number of fused-ring (bicyclic) bond motifs is 1. The highest BCUT2D eigenvalue weighted by Gasteiger charge is 2.33. The lowest BCUT2D eigenvalue weighted by Crippen LogP contribution is -2.48. The van der Waals surface area contributed by atoms with Crippen LogP contribution < -0.4 is 9.47 Å². The smallest absolute Gasteiger partial charge is 0.242 e. The number of thiophene rings is 1. The Bertz CT molecular complexity index is 1170. The number of amides is 2. The average Bonchev–Trinajstić information content (AvgIpc) is 3.41. The Morgan fingerprint density at radius 3 is 2.65 bits per heavy atom. The van der Waals surface area contributed by atoms with Crippen LogP contribution in [0.25, 0.3) is 0 Å². The molecule has 37 heavy (non-hydrogen) atoms. The third-order valence-electron chi connectivity index (χ3n) is 6.52. The van der Waals surface area contributed by atoms with Crippen LogP contribution in [0.4, 0.5) is 0 Å². The number of benzene rings is 2. The quantitative estimate of drug-likeness (QED) is 0.331. The van der Waals surface area contributed by atoms with E-state index in [0.717, 1.165) is 17.5 Å². The maximum absolute atomic E-state index is 13.7. The van der Waals surface area contributed by atoms with Crippen molar-refractivity contribution in [3.05, 3.63) is 82.0 Å². The Balaban J connectivity index is 1.48. The zero-order valence-electron chi connectivity index (χ0n) is 21.4. The fraction of sp³-hybridized carbons (Fsp3) is 0.379. The molecule has 196 valence electrons. The van der Waals surface area contributed by atoms with Crippen LogP contribution in [0.3, 0.4) is 0 Å². The third kappa shape index (κ3) is 7.11. The summed E-state index contributed by atoms with van der Waals surface area (Å²) in [5.41, 5.74) is 2.05. The van der Waals surface area contributed by atoms with Crippen LogP contribution >= 0.6 is 11.3 Å². The Morgan fingerprint density at radius 1 is 1.05 bits per heavy atom. The molecule has 1 aromatic heterocycles. The standard InChI is InChI=1S/C29H34N2O5S/c1-34-16-7-14-30(28(32)18-22-8-4-3-5-9-22)20-29(33)31-15-12-27-25(13-17-37-27)26(31)21-36-24-11-6-10-23(19-24)35-2/h3-6,8-11,13,17,19,26H,7,12,14-16,18,20-21H2,1-2H3/t26-/m1/s1. The van der Waals surface area contributed by atoms with E-state index in [9.17, 15) is 9.59 Å². The monoisotopic (exact) mass is 522 g/mol. The Morgan fingerprint density at radius 2 is 1.86 bits per heavy atom. The van der Waals surface area contributed by atoms with Crippen molar-refractivity contribution in [1.82, 2.24) is 9.80 Å². The summed E-state index contributed by atoms with van der Waals surface area (Å²) in [6.45, 7) is 1.95. The van der Waals surface area contributed by atoms with E-state index in [2.05, 4.69) is 11.4 Å². The molecule has 0 fully saturated rings. The second kappa shape index (κ2) is 13.3. The zero-order valence-corrected chi connectivity index (χ0v) is 22.2. The predicted octanol–water partition coefficient (Wildman–Crippen LogP) is 4.37. The van der Waals surface area contributed by atoms with Crippen molar-refractivity contribution in [2.45, 2.75) is 25.3 Å². The van der Waals surface area contributed by atoms with Crippen molar-refractivity contribution in [2.24, 2.45) is 0 Å². The van der Waals surface area contributed by atoms with Gasteiger partial charge in [0.25, 0.3) is 0 Å². The Labute approximate surface area is 222 Å². The molecule has 3 aromatic rings. The van der Waals surface area contributed by atoms with Crippen LogP contribution in [-0.4, -0.2) is 68.7 Å². The summed E-state index contributed by atoms with van der Waals surface area (Å²) in [7, 11) is 3.26. The van der Waals surface area contributed by atoms with Gasteiger partial charge in [0.05, 0.1) is 26.1 Å². The molecule has 0 saturated carbocycles. The van der Waals surface area contributed by atoms with E-state index < -0.39 is 0 Å². The van der Waals surface area contributed by atoms with Gasteiger partial charge in [0.1, 0.15) is 18.1 Å². The first-order valence-corrected chi connectivity index (χ1v) is 13.4. The molecular weight excluding hydrogens is 488 g/mol. The lowest BCUT2D eigenvalue weighted by atomic mass is 10.0. The molecule has 2 aromatic carbocycles. The molecule has 0 aliphatic carbocycles. The van der Waals surface area contributed by atoms with E-state index in [4.69, 9.17) is 14.2 Å². The van der Waals surface area contributed by atoms with Crippen molar-refractivity contribution in [3.63, 3.8) is 0 Å². The van der Waals surface area contributed by atoms with Gasteiger partial charge >= 0.3 is 0 Å². The minimum Gasteiger partial charge on any atom is -0.497 e. The molecule has 0 saturated heterocycles. The number of carbonyl (C=O) groups excluding carboxylic acids is 2. The number of methoxy groups -OCH3 is 2. The molecule has 0 radical (unpaired) electrons. The topological polar surface area (TPSA) is 68.3 Å². The van der Waals surface area contributed by atoms with Gasteiger partial charge in [-0.25, -0.2) is 0 Å². The second-order valence-corrected chi connectivity index (χ2v) is 9.97. The highest BCUT2D eigenvalue weighted by Crippen LogP contribution is 2.34. The molecule has 2 amide bonds. The molecule has 2 heterocycles. The maximum Gasteiger partial charge on any atom is 0.242 e. The number of hydrogen-bond donors (Lipinski definition) is 0. The van der Waals surface area contributed by atoms with Crippen LogP contribution in [0, 0.1) is 0 Å². The van der Waals surface area contributed by atoms with Crippen molar-refractivity contribution in [3.8, 4) is 11.5 Å². The lowest BCUT2D eigenvalue weighted by Gasteiger charge is -2.37. The molecule has 0 spiro atoms. The highest BCUT2D eigenvalue weighted by molar-refractivity contribution is 7.10. The summed E-state index contributed by atoms with van der Waals surface area (Å²) in [5, 5.41) is 2.07. The fourth-order valence-corrected chi connectivity index (χ4v) is 5.50. The van der Waals surface area contributed by atoms with Crippen LogP contribution in [0.5, 0.6) is 11.5 Å². The first kappa shape index (κ1) is 26.7. The van der Waals surface area contributed by atoms with E-state index >= 15 is 0 Å². The summed E-state index contributed by atoms with van der Waals surface area (Å²) >= 11 is 1.71. The zero-order chi connectivity index (χ0) is 26.0. The van der Waals surface area contributed by atoms with E-state index in [1.165, 1.54) is 4.88 Å². The van der Waals surface area contributed by atoms with Gasteiger partial charge in [-0.3, -0.25) is 9.59 Å². The Hall–Kier alpha value is -3.36. The molecule has 8 heteroatoms. The van der Waals surface area contributed by atoms with Gasteiger partial charge in [-0.15, -0.1) is 11.3 Å². The predicted molar refractivity (Wildman–Crippen MR) is 144 cm³/mol. The van der Waals surface area contributed by atoms with Crippen LogP contribution in [-0.2, 0) is 27.2 Å². The molecule has 0 N–H and O–H groups in total.